The van der Waals surface area contributed by atoms with Crippen LogP contribution in [0.25, 0.3) is 0 Å². The average Bonchev–Trinajstić information content (AvgIpc) is 2.30. The Morgan fingerprint density at radius 1 is 1.54 bits per heavy atom. The molecule has 0 bridgehead atoms. The molecule has 0 atom stereocenters. The molecule has 1 aromatic heterocycles. The van der Waals surface area contributed by atoms with Gasteiger partial charge in [0.15, 0.2) is 0 Å². The van der Waals surface area contributed by atoms with E-state index in [9.17, 15) is 4.79 Å². The van der Waals surface area contributed by atoms with E-state index in [0.717, 1.165) is 0 Å². The summed E-state index contributed by atoms with van der Waals surface area (Å²) in [5.41, 5.74) is -0.544. The number of aliphatic hydroxyl groups excluding tert-OH is 1. The molecule has 0 saturated heterocycles. The maximum absolute atomic E-state index is 11.3. The van der Waals surface area contributed by atoms with E-state index >= 15 is 0 Å². The van der Waals surface area contributed by atoms with E-state index in [2.05, 4.69) is 10.1 Å². The van der Waals surface area contributed by atoms with Crippen LogP contribution in [0.15, 0.2) is 4.79 Å². The quantitative estimate of drug-likeness (QED) is 0.673. The van der Waals surface area contributed by atoms with E-state index in [-0.39, 0.29) is 17.8 Å². The number of aliphatic hydroxyl groups is 1. The second-order valence-corrected chi connectivity index (χ2v) is 3.93. The molecular formula is C8H15N3O2. The lowest BCUT2D eigenvalue weighted by molar-refractivity contribution is 0.294. The van der Waals surface area contributed by atoms with Gasteiger partial charge in [-0.05, 0) is 20.8 Å². The third-order valence-electron chi connectivity index (χ3n) is 1.65. The van der Waals surface area contributed by atoms with Gasteiger partial charge in [-0.25, -0.2) is 9.48 Å². The fourth-order valence-electron chi connectivity index (χ4n) is 1.04. The molecule has 0 radical (unpaired) electrons. The van der Waals surface area contributed by atoms with Crippen LogP contribution in [0.4, 0.5) is 0 Å². The predicted molar refractivity (Wildman–Crippen MR) is 48.6 cm³/mol. The zero-order chi connectivity index (χ0) is 10.1. The van der Waals surface area contributed by atoms with Gasteiger partial charge < -0.3 is 5.11 Å². The van der Waals surface area contributed by atoms with Gasteiger partial charge in [-0.1, -0.05) is 0 Å². The van der Waals surface area contributed by atoms with Gasteiger partial charge >= 0.3 is 5.69 Å². The SMILES string of the molecule is CC(C)(C)n1nc(CCO)[nH]c1=O. The van der Waals surface area contributed by atoms with Crippen molar-refractivity contribution >= 4 is 0 Å². The molecule has 13 heavy (non-hydrogen) atoms. The van der Waals surface area contributed by atoms with E-state index in [0.29, 0.717) is 12.2 Å². The summed E-state index contributed by atoms with van der Waals surface area (Å²) in [6, 6.07) is 0. The van der Waals surface area contributed by atoms with Crippen LogP contribution < -0.4 is 5.69 Å². The van der Waals surface area contributed by atoms with Gasteiger partial charge in [0.1, 0.15) is 5.82 Å². The van der Waals surface area contributed by atoms with E-state index in [4.69, 9.17) is 5.11 Å². The zero-order valence-electron chi connectivity index (χ0n) is 8.16. The maximum atomic E-state index is 11.3. The van der Waals surface area contributed by atoms with Crippen LogP contribution in [0.2, 0.25) is 0 Å². The number of hydrogen-bond donors (Lipinski definition) is 2. The Bertz CT molecular complexity index is 332. The second-order valence-electron chi connectivity index (χ2n) is 3.93. The Hall–Kier alpha value is -1.10. The van der Waals surface area contributed by atoms with Crippen molar-refractivity contribution in [3.05, 3.63) is 16.3 Å². The number of aromatic nitrogens is 3. The van der Waals surface area contributed by atoms with E-state index in [1.165, 1.54) is 4.68 Å². The third kappa shape index (κ3) is 2.18. The van der Waals surface area contributed by atoms with Crippen LogP contribution in [-0.2, 0) is 12.0 Å². The fourth-order valence-corrected chi connectivity index (χ4v) is 1.04. The molecule has 74 valence electrons. The molecule has 0 aliphatic rings. The number of hydrogen-bond acceptors (Lipinski definition) is 3. The smallest absolute Gasteiger partial charge is 0.343 e. The minimum absolute atomic E-state index is 0.00288. The lowest BCUT2D eigenvalue weighted by atomic mass is 10.1. The van der Waals surface area contributed by atoms with Crippen LogP contribution >= 0.6 is 0 Å². The first-order chi connectivity index (χ1) is 5.95. The van der Waals surface area contributed by atoms with Crippen LogP contribution in [-0.4, -0.2) is 26.5 Å². The fraction of sp³-hybridized carbons (Fsp3) is 0.750. The number of H-pyrrole nitrogens is 1. The highest BCUT2D eigenvalue weighted by atomic mass is 16.3. The highest BCUT2D eigenvalue weighted by molar-refractivity contribution is 4.85. The van der Waals surface area contributed by atoms with Crippen molar-refractivity contribution in [2.45, 2.75) is 32.7 Å². The monoisotopic (exact) mass is 185 g/mol. The maximum Gasteiger partial charge on any atom is 0.343 e. The molecule has 5 nitrogen and oxygen atoms in total. The van der Waals surface area contributed by atoms with Crippen molar-refractivity contribution in [1.82, 2.24) is 14.8 Å². The molecular weight excluding hydrogens is 170 g/mol. The highest BCUT2D eigenvalue weighted by Crippen LogP contribution is 2.08. The zero-order valence-corrected chi connectivity index (χ0v) is 8.16. The van der Waals surface area contributed by atoms with Gasteiger partial charge in [-0.2, -0.15) is 5.10 Å². The first kappa shape index (κ1) is 9.98. The topological polar surface area (TPSA) is 70.9 Å². The van der Waals surface area contributed by atoms with E-state index < -0.39 is 0 Å². The van der Waals surface area contributed by atoms with Crippen LogP contribution in [0, 0.1) is 0 Å². The molecule has 0 saturated carbocycles. The molecule has 2 N–H and O–H groups in total. The molecule has 0 fully saturated rings. The van der Waals surface area contributed by atoms with Crippen molar-refractivity contribution in [3.8, 4) is 0 Å². The summed E-state index contributed by atoms with van der Waals surface area (Å²) in [7, 11) is 0. The summed E-state index contributed by atoms with van der Waals surface area (Å²) in [5, 5.41) is 12.7. The Morgan fingerprint density at radius 2 is 2.15 bits per heavy atom. The first-order valence-electron chi connectivity index (χ1n) is 4.24. The van der Waals surface area contributed by atoms with Crippen molar-refractivity contribution in [1.29, 1.82) is 0 Å². The van der Waals surface area contributed by atoms with E-state index in [1.807, 2.05) is 20.8 Å². The summed E-state index contributed by atoms with van der Waals surface area (Å²) >= 11 is 0. The van der Waals surface area contributed by atoms with Crippen LogP contribution in [0.1, 0.15) is 26.6 Å². The molecule has 0 spiro atoms. The molecule has 1 heterocycles. The van der Waals surface area contributed by atoms with Gasteiger partial charge in [-0.3, -0.25) is 4.98 Å². The standard InChI is InChI=1S/C8H15N3O2/c1-8(2,3)11-7(13)9-6(10-11)4-5-12/h12H,4-5H2,1-3H3,(H,9,10,13). The molecule has 0 aliphatic carbocycles. The number of rotatable bonds is 2. The Labute approximate surface area is 76.4 Å². The minimum Gasteiger partial charge on any atom is -0.396 e. The van der Waals surface area contributed by atoms with Gasteiger partial charge in [0.05, 0.1) is 12.1 Å². The van der Waals surface area contributed by atoms with Crippen LogP contribution in [0.5, 0.6) is 0 Å². The third-order valence-corrected chi connectivity index (χ3v) is 1.65. The second kappa shape index (κ2) is 3.33. The van der Waals surface area contributed by atoms with Gasteiger partial charge in [-0.15, -0.1) is 0 Å². The molecule has 0 aromatic carbocycles. The highest BCUT2D eigenvalue weighted by Gasteiger charge is 2.17. The van der Waals surface area contributed by atoms with Crippen molar-refractivity contribution in [3.63, 3.8) is 0 Å². The molecule has 0 amide bonds. The number of nitrogens with zero attached hydrogens (tertiary/aromatic N) is 2. The van der Waals surface area contributed by atoms with Crippen molar-refractivity contribution in [2.24, 2.45) is 0 Å². The Kier molecular flexibility index (Phi) is 2.56. The Morgan fingerprint density at radius 3 is 2.54 bits per heavy atom. The molecule has 0 aliphatic heterocycles. The summed E-state index contributed by atoms with van der Waals surface area (Å²) in [6.45, 7) is 5.70. The van der Waals surface area contributed by atoms with Gasteiger partial charge in [0.2, 0.25) is 0 Å². The summed E-state index contributed by atoms with van der Waals surface area (Å²) < 4.78 is 1.39. The normalized spacial score (nSPS) is 12.0. The molecule has 1 rings (SSSR count). The van der Waals surface area contributed by atoms with Crippen molar-refractivity contribution in [2.75, 3.05) is 6.61 Å². The summed E-state index contributed by atoms with van der Waals surface area (Å²) in [4.78, 5) is 13.9. The molecule has 1 aromatic rings. The lowest BCUT2D eigenvalue weighted by Crippen LogP contribution is -2.33. The van der Waals surface area contributed by atoms with Gasteiger partial charge in [0, 0.05) is 6.42 Å². The molecule has 0 unspecified atom stereocenters. The Balaban J connectivity index is 3.04. The van der Waals surface area contributed by atoms with Crippen LogP contribution in [0.3, 0.4) is 0 Å². The largest absolute Gasteiger partial charge is 0.396 e. The first-order valence-corrected chi connectivity index (χ1v) is 4.24. The summed E-state index contributed by atoms with van der Waals surface area (Å²) in [6.07, 6.45) is 0.387. The molecule has 5 heteroatoms. The van der Waals surface area contributed by atoms with Gasteiger partial charge in [0.25, 0.3) is 0 Å². The summed E-state index contributed by atoms with van der Waals surface area (Å²) in [5.74, 6) is 0.530. The number of aromatic amines is 1. The lowest BCUT2D eigenvalue weighted by Gasteiger charge is -2.16. The minimum atomic E-state index is -0.318. The average molecular weight is 185 g/mol. The predicted octanol–water partition coefficient (Wildman–Crippen LogP) is -0.139. The number of nitrogens with one attached hydrogen (secondary N) is 1. The van der Waals surface area contributed by atoms with E-state index in [1.54, 1.807) is 0 Å². The van der Waals surface area contributed by atoms with Crippen molar-refractivity contribution < 1.29 is 5.11 Å².